The lowest BCUT2D eigenvalue weighted by atomic mass is 10.1. The van der Waals surface area contributed by atoms with E-state index >= 15 is 0 Å². The van der Waals surface area contributed by atoms with E-state index in [0.717, 1.165) is 22.3 Å². The molecule has 0 aliphatic heterocycles. The number of aliphatic hydroxyl groups excluding tert-OH is 1. The molecule has 1 aromatic heterocycles. The molecule has 3 N–H and O–H groups in total. The molecule has 2 aromatic carbocycles. The van der Waals surface area contributed by atoms with Crippen LogP contribution in [0.4, 0.5) is 4.39 Å². The maximum absolute atomic E-state index is 13.8. The molecule has 0 saturated heterocycles. The summed E-state index contributed by atoms with van der Waals surface area (Å²) < 4.78 is 19.7. The Morgan fingerprint density at radius 1 is 1.15 bits per heavy atom. The van der Waals surface area contributed by atoms with Crippen molar-refractivity contribution in [1.82, 2.24) is 10.6 Å². The summed E-state index contributed by atoms with van der Waals surface area (Å²) in [4.78, 5) is 4.52. The topological polar surface area (TPSA) is 69.8 Å². The Labute approximate surface area is 157 Å². The predicted octanol–water partition coefficient (Wildman–Crippen LogP) is 3.67. The summed E-state index contributed by atoms with van der Waals surface area (Å²) in [6.45, 7) is 5.15. The Kier molecular flexibility index (Phi) is 6.08. The molecule has 1 heterocycles. The van der Waals surface area contributed by atoms with Gasteiger partial charge in [-0.3, -0.25) is 0 Å². The number of rotatable bonds is 6. The van der Waals surface area contributed by atoms with E-state index in [-0.39, 0.29) is 12.1 Å². The van der Waals surface area contributed by atoms with Gasteiger partial charge < -0.3 is 20.2 Å². The number of fused-ring (bicyclic) bond motifs is 1. The van der Waals surface area contributed by atoms with Crippen molar-refractivity contribution in [3.8, 4) is 0 Å². The number of hydrogen-bond acceptors (Lipinski definition) is 3. The number of furan rings is 1. The van der Waals surface area contributed by atoms with Gasteiger partial charge in [-0.05, 0) is 26.0 Å². The smallest absolute Gasteiger partial charge is 0.191 e. The van der Waals surface area contributed by atoms with Crippen molar-refractivity contribution in [2.45, 2.75) is 26.5 Å². The number of para-hydroxylation sites is 1. The normalized spacial score (nSPS) is 13.0. The lowest BCUT2D eigenvalue weighted by Gasteiger charge is -2.16. The zero-order valence-electron chi connectivity index (χ0n) is 15.5. The maximum atomic E-state index is 13.8. The van der Waals surface area contributed by atoms with Crippen LogP contribution >= 0.6 is 0 Å². The van der Waals surface area contributed by atoms with Crippen LogP contribution in [0.5, 0.6) is 0 Å². The van der Waals surface area contributed by atoms with Gasteiger partial charge in [0.05, 0.1) is 6.10 Å². The monoisotopic (exact) mass is 369 g/mol. The highest BCUT2D eigenvalue weighted by Crippen LogP contribution is 2.25. The second-order valence-electron chi connectivity index (χ2n) is 6.26. The molecule has 0 radical (unpaired) electrons. The van der Waals surface area contributed by atoms with E-state index in [2.05, 4.69) is 15.6 Å². The van der Waals surface area contributed by atoms with Crippen molar-refractivity contribution >= 4 is 16.9 Å². The van der Waals surface area contributed by atoms with Crippen LogP contribution in [0.3, 0.4) is 0 Å². The molecule has 0 fully saturated rings. The molecule has 0 spiro atoms. The van der Waals surface area contributed by atoms with Crippen molar-refractivity contribution in [2.75, 3.05) is 13.1 Å². The predicted molar refractivity (Wildman–Crippen MR) is 105 cm³/mol. The highest BCUT2D eigenvalue weighted by atomic mass is 19.1. The van der Waals surface area contributed by atoms with Gasteiger partial charge in [-0.1, -0.05) is 36.4 Å². The molecule has 0 aliphatic carbocycles. The van der Waals surface area contributed by atoms with E-state index in [0.29, 0.717) is 19.0 Å². The molecule has 3 rings (SSSR count). The van der Waals surface area contributed by atoms with Gasteiger partial charge in [0, 0.05) is 29.6 Å². The molecule has 142 valence electrons. The molecule has 0 saturated carbocycles. The third kappa shape index (κ3) is 4.46. The van der Waals surface area contributed by atoms with Crippen LogP contribution in [0.25, 0.3) is 11.0 Å². The minimum atomic E-state index is -0.969. The Bertz CT molecular complexity index is 936. The van der Waals surface area contributed by atoms with Gasteiger partial charge >= 0.3 is 0 Å². The molecule has 3 aromatic rings. The fourth-order valence-electron chi connectivity index (χ4n) is 2.92. The maximum Gasteiger partial charge on any atom is 0.191 e. The van der Waals surface area contributed by atoms with Gasteiger partial charge in [0.2, 0.25) is 0 Å². The van der Waals surface area contributed by atoms with Crippen LogP contribution < -0.4 is 10.6 Å². The van der Waals surface area contributed by atoms with E-state index in [9.17, 15) is 9.50 Å². The molecule has 1 unspecified atom stereocenters. The Balaban J connectivity index is 1.69. The van der Waals surface area contributed by atoms with E-state index in [1.54, 1.807) is 18.2 Å². The lowest BCUT2D eigenvalue weighted by Crippen LogP contribution is -2.39. The summed E-state index contributed by atoms with van der Waals surface area (Å²) in [7, 11) is 0. The third-order valence-corrected chi connectivity index (χ3v) is 4.39. The zero-order valence-corrected chi connectivity index (χ0v) is 15.5. The van der Waals surface area contributed by atoms with E-state index in [1.165, 1.54) is 6.07 Å². The largest absolute Gasteiger partial charge is 0.459 e. The van der Waals surface area contributed by atoms with Crippen LogP contribution in [0, 0.1) is 12.7 Å². The molecular formula is C21H24FN3O2. The van der Waals surface area contributed by atoms with Crippen molar-refractivity contribution < 1.29 is 13.9 Å². The highest BCUT2D eigenvalue weighted by molar-refractivity contribution is 5.82. The molecule has 6 heteroatoms. The summed E-state index contributed by atoms with van der Waals surface area (Å²) >= 11 is 0. The quantitative estimate of drug-likeness (QED) is 0.458. The highest BCUT2D eigenvalue weighted by Gasteiger charge is 2.13. The van der Waals surface area contributed by atoms with Gasteiger partial charge in [0.25, 0.3) is 0 Å². The Hall–Kier alpha value is -2.86. The molecule has 0 aliphatic rings. The molecular weight excluding hydrogens is 345 g/mol. The van der Waals surface area contributed by atoms with Gasteiger partial charge in [0.1, 0.15) is 23.7 Å². The first kappa shape index (κ1) is 18.9. The lowest BCUT2D eigenvalue weighted by molar-refractivity contribution is 0.176. The van der Waals surface area contributed by atoms with Gasteiger partial charge in [-0.25, -0.2) is 9.38 Å². The average molecular weight is 369 g/mol. The molecule has 1 atom stereocenters. The fourth-order valence-corrected chi connectivity index (χ4v) is 2.92. The van der Waals surface area contributed by atoms with Crippen molar-refractivity contribution in [1.29, 1.82) is 0 Å². The number of aryl methyl sites for hydroxylation is 1. The number of benzene rings is 2. The van der Waals surface area contributed by atoms with E-state index in [1.807, 2.05) is 38.1 Å². The summed E-state index contributed by atoms with van der Waals surface area (Å²) in [6.07, 6.45) is -0.969. The first-order valence-corrected chi connectivity index (χ1v) is 9.01. The third-order valence-electron chi connectivity index (χ3n) is 4.39. The minimum Gasteiger partial charge on any atom is -0.459 e. The van der Waals surface area contributed by atoms with Crippen LogP contribution in [-0.4, -0.2) is 24.2 Å². The van der Waals surface area contributed by atoms with Crippen LogP contribution in [0.15, 0.2) is 57.9 Å². The van der Waals surface area contributed by atoms with Crippen molar-refractivity contribution in [3.63, 3.8) is 0 Å². The second-order valence-corrected chi connectivity index (χ2v) is 6.26. The number of nitrogens with one attached hydrogen (secondary N) is 2. The molecule has 0 amide bonds. The summed E-state index contributed by atoms with van der Waals surface area (Å²) in [6, 6.07) is 14.1. The van der Waals surface area contributed by atoms with Crippen LogP contribution in [0.1, 0.15) is 29.9 Å². The SMILES string of the molecule is CCNC(=NCc1oc2ccccc2c1C)NCC(O)c1ccccc1F. The first-order chi connectivity index (χ1) is 13.1. The average Bonchev–Trinajstić information content (AvgIpc) is 3.00. The molecule has 27 heavy (non-hydrogen) atoms. The van der Waals surface area contributed by atoms with E-state index in [4.69, 9.17) is 4.42 Å². The minimum absolute atomic E-state index is 0.145. The standard InChI is InChI=1S/C21H24FN3O2/c1-3-23-21(24-12-18(26)16-9-4-6-10-17(16)22)25-13-20-14(2)15-8-5-7-11-19(15)27-20/h4-11,18,26H,3,12-13H2,1-2H3,(H2,23,24,25). The Morgan fingerprint density at radius 2 is 1.89 bits per heavy atom. The van der Waals surface area contributed by atoms with Gasteiger partial charge in [0.15, 0.2) is 5.96 Å². The number of halogens is 1. The summed E-state index contributed by atoms with van der Waals surface area (Å²) in [5.41, 5.74) is 2.17. The Morgan fingerprint density at radius 3 is 2.63 bits per heavy atom. The van der Waals surface area contributed by atoms with Crippen LogP contribution in [-0.2, 0) is 6.54 Å². The number of nitrogens with zero attached hydrogens (tertiary/aromatic N) is 1. The zero-order chi connectivity index (χ0) is 19.2. The van der Waals surface area contributed by atoms with Crippen molar-refractivity contribution in [2.24, 2.45) is 4.99 Å². The summed E-state index contributed by atoms with van der Waals surface area (Å²) in [5, 5.41) is 17.5. The van der Waals surface area contributed by atoms with Crippen LogP contribution in [0.2, 0.25) is 0 Å². The van der Waals surface area contributed by atoms with E-state index < -0.39 is 11.9 Å². The van der Waals surface area contributed by atoms with Gasteiger partial charge in [-0.2, -0.15) is 0 Å². The first-order valence-electron chi connectivity index (χ1n) is 9.01. The fraction of sp³-hybridized carbons (Fsp3) is 0.286. The number of guanidine groups is 1. The second kappa shape index (κ2) is 8.68. The molecule has 5 nitrogen and oxygen atoms in total. The summed E-state index contributed by atoms with van der Waals surface area (Å²) in [5.74, 6) is 0.905. The van der Waals surface area contributed by atoms with Crippen molar-refractivity contribution in [3.05, 3.63) is 71.2 Å². The molecule has 0 bridgehead atoms. The number of aliphatic imine (C=N–C) groups is 1. The number of aliphatic hydroxyl groups is 1. The number of hydrogen-bond donors (Lipinski definition) is 3. The van der Waals surface area contributed by atoms with Gasteiger partial charge in [-0.15, -0.1) is 0 Å².